The van der Waals surface area contributed by atoms with Gasteiger partial charge in [-0.05, 0) is 68.7 Å². The highest BCUT2D eigenvalue weighted by atomic mass is 32.1. The number of piperidine rings is 1. The summed E-state index contributed by atoms with van der Waals surface area (Å²) < 4.78 is 1.26. The molecule has 1 saturated heterocycles. The highest BCUT2D eigenvalue weighted by molar-refractivity contribution is 7.18. The average Bonchev–Trinajstić information content (AvgIpc) is 3.22. The standard InChI is InChI=1S/C27H31N5S/c1-3-19-9-10-24-25(16-19)33-26(31-24)18-23-17-22(15-20-7-5-4-6-8-20)29-27(30-23)28-21-11-13-32(2)14-12-21/h4-10,16-17,21H,3,11-15,18H2,1-2H3,(H,28,29,30). The average molecular weight is 458 g/mol. The van der Waals surface area contributed by atoms with Crippen molar-refractivity contribution in [3.63, 3.8) is 0 Å². The summed E-state index contributed by atoms with van der Waals surface area (Å²) in [7, 11) is 2.19. The van der Waals surface area contributed by atoms with Crippen LogP contribution in [0.5, 0.6) is 0 Å². The first-order valence-corrected chi connectivity index (χ1v) is 12.7. The lowest BCUT2D eigenvalue weighted by Crippen LogP contribution is -2.37. The Morgan fingerprint density at radius 1 is 0.909 bits per heavy atom. The summed E-state index contributed by atoms with van der Waals surface area (Å²) >= 11 is 1.78. The Hall–Kier alpha value is -2.83. The van der Waals surface area contributed by atoms with Gasteiger partial charge >= 0.3 is 0 Å². The minimum Gasteiger partial charge on any atom is -0.351 e. The molecule has 0 saturated carbocycles. The summed E-state index contributed by atoms with van der Waals surface area (Å²) in [5.41, 5.74) is 5.78. The zero-order valence-corrected chi connectivity index (χ0v) is 20.2. The van der Waals surface area contributed by atoms with Gasteiger partial charge in [0.05, 0.1) is 26.6 Å². The van der Waals surface area contributed by atoms with Crippen molar-refractivity contribution in [2.45, 2.75) is 45.1 Å². The number of thiazole rings is 1. The number of likely N-dealkylation sites (tertiary alicyclic amines) is 1. The highest BCUT2D eigenvalue weighted by Gasteiger charge is 2.18. The van der Waals surface area contributed by atoms with E-state index in [1.54, 1.807) is 11.3 Å². The molecule has 170 valence electrons. The van der Waals surface area contributed by atoms with E-state index in [9.17, 15) is 0 Å². The van der Waals surface area contributed by atoms with Crippen molar-refractivity contribution in [1.29, 1.82) is 0 Å². The van der Waals surface area contributed by atoms with E-state index in [4.69, 9.17) is 15.0 Å². The zero-order chi connectivity index (χ0) is 22.6. The molecule has 5 rings (SSSR count). The lowest BCUT2D eigenvalue weighted by atomic mass is 10.1. The lowest BCUT2D eigenvalue weighted by Gasteiger charge is -2.29. The van der Waals surface area contributed by atoms with Gasteiger partial charge in [0.25, 0.3) is 0 Å². The molecule has 0 atom stereocenters. The number of benzene rings is 2. The predicted octanol–water partition coefficient (Wildman–Crippen LogP) is 5.34. The molecule has 0 unspecified atom stereocenters. The van der Waals surface area contributed by atoms with Crippen molar-refractivity contribution in [2.24, 2.45) is 0 Å². The van der Waals surface area contributed by atoms with Crippen LogP contribution in [-0.4, -0.2) is 46.0 Å². The molecule has 0 spiro atoms. The van der Waals surface area contributed by atoms with Gasteiger partial charge in [-0.1, -0.05) is 43.3 Å². The van der Waals surface area contributed by atoms with Crippen LogP contribution in [0.2, 0.25) is 0 Å². The molecule has 0 aliphatic carbocycles. The first-order chi connectivity index (χ1) is 16.1. The zero-order valence-electron chi connectivity index (χ0n) is 19.4. The number of aromatic nitrogens is 3. The molecule has 3 heterocycles. The first-order valence-electron chi connectivity index (χ1n) is 11.9. The fourth-order valence-electron chi connectivity index (χ4n) is 4.41. The third-order valence-electron chi connectivity index (χ3n) is 6.35. The summed E-state index contributed by atoms with van der Waals surface area (Å²) in [6.45, 7) is 4.41. The monoisotopic (exact) mass is 457 g/mol. The summed E-state index contributed by atoms with van der Waals surface area (Å²) in [4.78, 5) is 17.1. The van der Waals surface area contributed by atoms with Crippen LogP contribution in [0.15, 0.2) is 54.6 Å². The van der Waals surface area contributed by atoms with Crippen molar-refractivity contribution in [3.05, 3.63) is 82.1 Å². The lowest BCUT2D eigenvalue weighted by molar-refractivity contribution is 0.263. The molecule has 2 aromatic heterocycles. The Bertz CT molecular complexity index is 1210. The summed E-state index contributed by atoms with van der Waals surface area (Å²) in [5.74, 6) is 0.752. The van der Waals surface area contributed by atoms with Crippen LogP contribution in [0.1, 0.15) is 47.3 Å². The molecule has 1 aliphatic rings. The van der Waals surface area contributed by atoms with E-state index in [1.807, 2.05) is 0 Å². The maximum Gasteiger partial charge on any atom is 0.223 e. The first kappa shape index (κ1) is 22.0. The maximum atomic E-state index is 4.92. The molecule has 0 bridgehead atoms. The fraction of sp³-hybridized carbons (Fsp3) is 0.370. The van der Waals surface area contributed by atoms with Crippen LogP contribution >= 0.6 is 11.3 Å². The minimum absolute atomic E-state index is 0.427. The van der Waals surface area contributed by atoms with Crippen molar-refractivity contribution < 1.29 is 0 Å². The van der Waals surface area contributed by atoms with E-state index in [0.29, 0.717) is 6.04 Å². The van der Waals surface area contributed by atoms with E-state index in [0.717, 1.165) is 73.1 Å². The predicted molar refractivity (Wildman–Crippen MR) is 137 cm³/mol. The third-order valence-corrected chi connectivity index (χ3v) is 7.37. The Balaban J connectivity index is 1.41. The quantitative estimate of drug-likeness (QED) is 0.406. The molecule has 1 aliphatic heterocycles. The van der Waals surface area contributed by atoms with E-state index in [-0.39, 0.29) is 0 Å². The Labute approximate surface area is 199 Å². The number of fused-ring (bicyclic) bond motifs is 1. The smallest absolute Gasteiger partial charge is 0.223 e. The van der Waals surface area contributed by atoms with Gasteiger partial charge in [-0.15, -0.1) is 11.3 Å². The largest absolute Gasteiger partial charge is 0.351 e. The van der Waals surface area contributed by atoms with Crippen LogP contribution < -0.4 is 5.32 Å². The van der Waals surface area contributed by atoms with Gasteiger partial charge in [-0.2, -0.15) is 0 Å². The molecule has 2 aromatic carbocycles. The molecule has 33 heavy (non-hydrogen) atoms. The molecular formula is C27H31N5S. The van der Waals surface area contributed by atoms with Gasteiger partial charge in [0, 0.05) is 18.9 Å². The van der Waals surface area contributed by atoms with E-state index in [2.05, 4.69) is 78.8 Å². The minimum atomic E-state index is 0.427. The van der Waals surface area contributed by atoms with Crippen LogP contribution in [0.3, 0.4) is 0 Å². The van der Waals surface area contributed by atoms with Gasteiger partial charge in [0.1, 0.15) is 0 Å². The number of anilines is 1. The van der Waals surface area contributed by atoms with Crippen LogP contribution in [0.25, 0.3) is 10.2 Å². The topological polar surface area (TPSA) is 53.9 Å². The van der Waals surface area contributed by atoms with Gasteiger partial charge < -0.3 is 10.2 Å². The molecule has 1 N–H and O–H groups in total. The van der Waals surface area contributed by atoms with Crippen LogP contribution in [-0.2, 0) is 19.3 Å². The van der Waals surface area contributed by atoms with Crippen molar-refractivity contribution in [3.8, 4) is 0 Å². The van der Waals surface area contributed by atoms with Gasteiger partial charge in [-0.25, -0.2) is 15.0 Å². The van der Waals surface area contributed by atoms with Crippen molar-refractivity contribution >= 4 is 27.5 Å². The molecule has 5 nitrogen and oxygen atoms in total. The molecule has 4 aromatic rings. The molecule has 6 heteroatoms. The molecule has 1 fully saturated rings. The highest BCUT2D eigenvalue weighted by Crippen LogP contribution is 2.26. The van der Waals surface area contributed by atoms with Crippen LogP contribution in [0.4, 0.5) is 5.95 Å². The summed E-state index contributed by atoms with van der Waals surface area (Å²) in [6.07, 6.45) is 4.82. The maximum absolute atomic E-state index is 4.92. The number of hydrogen-bond acceptors (Lipinski definition) is 6. The van der Waals surface area contributed by atoms with E-state index < -0.39 is 0 Å². The van der Waals surface area contributed by atoms with E-state index >= 15 is 0 Å². The summed E-state index contributed by atoms with van der Waals surface area (Å²) in [6, 6.07) is 19.7. The Morgan fingerprint density at radius 3 is 2.42 bits per heavy atom. The number of hydrogen-bond donors (Lipinski definition) is 1. The second kappa shape index (κ2) is 9.98. The normalized spacial score (nSPS) is 15.2. The Morgan fingerprint density at radius 2 is 1.67 bits per heavy atom. The number of rotatable bonds is 7. The van der Waals surface area contributed by atoms with Crippen molar-refractivity contribution in [2.75, 3.05) is 25.5 Å². The SMILES string of the molecule is CCc1ccc2nc(Cc3cc(Cc4ccccc4)nc(NC4CCN(C)CC4)n3)sc2c1. The van der Waals surface area contributed by atoms with E-state index in [1.165, 1.54) is 15.8 Å². The number of nitrogens with zero attached hydrogens (tertiary/aromatic N) is 4. The number of aryl methyl sites for hydroxylation is 1. The van der Waals surface area contributed by atoms with Gasteiger partial charge in [0.2, 0.25) is 5.95 Å². The van der Waals surface area contributed by atoms with Crippen molar-refractivity contribution in [1.82, 2.24) is 19.9 Å². The Kier molecular flexibility index (Phi) is 6.65. The summed E-state index contributed by atoms with van der Waals surface area (Å²) in [5, 5.41) is 4.73. The van der Waals surface area contributed by atoms with Gasteiger partial charge in [-0.3, -0.25) is 0 Å². The third kappa shape index (κ3) is 5.57. The molecular weight excluding hydrogens is 426 g/mol. The fourth-order valence-corrected chi connectivity index (χ4v) is 5.45. The molecule has 0 radical (unpaired) electrons. The van der Waals surface area contributed by atoms with Crippen LogP contribution in [0, 0.1) is 0 Å². The van der Waals surface area contributed by atoms with Gasteiger partial charge in [0.15, 0.2) is 0 Å². The second-order valence-electron chi connectivity index (χ2n) is 9.00. The number of nitrogens with one attached hydrogen (secondary N) is 1. The second-order valence-corrected chi connectivity index (χ2v) is 10.1. The molecule has 0 amide bonds.